The lowest BCUT2D eigenvalue weighted by Gasteiger charge is -2.08. The molecule has 0 saturated heterocycles. The van der Waals surface area contributed by atoms with Gasteiger partial charge in [-0.15, -0.1) is 23.1 Å². The summed E-state index contributed by atoms with van der Waals surface area (Å²) in [6.45, 7) is 3.67. The summed E-state index contributed by atoms with van der Waals surface area (Å²) in [5, 5.41) is 9.33. The zero-order valence-electron chi connectivity index (χ0n) is 18.0. The van der Waals surface area contributed by atoms with E-state index < -0.39 is 23.5 Å². The number of aromatic nitrogens is 2. The minimum atomic E-state index is -4.75. The van der Waals surface area contributed by atoms with Crippen LogP contribution in [0.25, 0.3) is 21.7 Å². The fourth-order valence-electron chi connectivity index (χ4n) is 3.30. The molecule has 4 rings (SSSR count). The highest BCUT2D eigenvalue weighted by molar-refractivity contribution is 7.98. The highest BCUT2D eigenvalue weighted by atomic mass is 32.2. The van der Waals surface area contributed by atoms with Crippen molar-refractivity contribution < 1.29 is 31.9 Å². The number of aryl methyl sites for hydroxylation is 3. The van der Waals surface area contributed by atoms with Crippen LogP contribution in [0.5, 0.6) is 0 Å². The Morgan fingerprint density at radius 1 is 1.18 bits per heavy atom. The predicted octanol–water partition coefficient (Wildman–Crippen LogP) is 7.04. The quantitative estimate of drug-likeness (QED) is 0.212. The van der Waals surface area contributed by atoms with Gasteiger partial charge >= 0.3 is 12.1 Å². The molecule has 0 bridgehead atoms. The zero-order valence-corrected chi connectivity index (χ0v) is 19.6. The molecular formula is C23H18F4N2O3S2. The van der Waals surface area contributed by atoms with Crippen LogP contribution in [0.4, 0.5) is 17.6 Å². The van der Waals surface area contributed by atoms with Crippen molar-refractivity contribution in [1.29, 1.82) is 0 Å². The molecule has 0 spiro atoms. The number of rotatable bonds is 7. The predicted molar refractivity (Wildman–Crippen MR) is 122 cm³/mol. The Kier molecular flexibility index (Phi) is 6.68. The molecule has 0 fully saturated rings. The summed E-state index contributed by atoms with van der Waals surface area (Å²) in [6, 6.07) is 6.61. The summed E-state index contributed by atoms with van der Waals surface area (Å²) in [4.78, 5) is 21.5. The summed E-state index contributed by atoms with van der Waals surface area (Å²) in [5.41, 5.74) is 1.82. The maximum absolute atomic E-state index is 14.0. The molecule has 34 heavy (non-hydrogen) atoms. The van der Waals surface area contributed by atoms with E-state index in [4.69, 9.17) is 9.52 Å². The minimum absolute atomic E-state index is 0.0816. The Morgan fingerprint density at radius 3 is 2.62 bits per heavy atom. The SMILES string of the molecule is Cc1nc(-c2ccc(C(F)(F)F)c(F)c2)sc1CSc1ccc(C)c2oc(CCC(=O)O)nc12. The summed E-state index contributed by atoms with van der Waals surface area (Å²) in [5.74, 6) is -1.39. The number of halogens is 4. The van der Waals surface area contributed by atoms with Gasteiger partial charge in [0.05, 0.1) is 17.7 Å². The first-order valence-corrected chi connectivity index (χ1v) is 11.9. The number of alkyl halides is 3. The molecule has 4 aromatic rings. The van der Waals surface area contributed by atoms with Crippen molar-refractivity contribution in [1.82, 2.24) is 9.97 Å². The first-order chi connectivity index (χ1) is 16.0. The maximum atomic E-state index is 14.0. The van der Waals surface area contributed by atoms with E-state index in [0.29, 0.717) is 33.4 Å². The van der Waals surface area contributed by atoms with E-state index >= 15 is 0 Å². The number of hydrogen-bond donors (Lipinski definition) is 1. The average Bonchev–Trinajstić information content (AvgIpc) is 3.35. The van der Waals surface area contributed by atoms with E-state index in [0.717, 1.165) is 27.5 Å². The van der Waals surface area contributed by atoms with Crippen LogP contribution in [0.3, 0.4) is 0 Å². The van der Waals surface area contributed by atoms with Crippen LogP contribution in [0.2, 0.25) is 0 Å². The van der Waals surface area contributed by atoms with Crippen molar-refractivity contribution in [2.45, 2.75) is 43.5 Å². The second-order valence-electron chi connectivity index (χ2n) is 7.57. The first kappa shape index (κ1) is 24.2. The third kappa shape index (κ3) is 5.10. The normalized spacial score (nSPS) is 11.9. The molecule has 0 amide bonds. The number of aliphatic carboxylic acids is 1. The number of fused-ring (bicyclic) bond motifs is 1. The third-order valence-electron chi connectivity index (χ3n) is 5.07. The monoisotopic (exact) mass is 510 g/mol. The van der Waals surface area contributed by atoms with Crippen LogP contribution in [-0.4, -0.2) is 21.0 Å². The number of benzene rings is 2. The molecule has 0 aliphatic rings. The fraction of sp³-hybridized carbons (Fsp3) is 0.261. The van der Waals surface area contributed by atoms with Gasteiger partial charge in [-0.25, -0.2) is 14.4 Å². The molecule has 0 radical (unpaired) electrons. The summed E-state index contributed by atoms with van der Waals surface area (Å²) < 4.78 is 58.3. The van der Waals surface area contributed by atoms with Gasteiger partial charge in [-0.3, -0.25) is 4.79 Å². The first-order valence-electron chi connectivity index (χ1n) is 10.1. The number of carboxylic acid groups (broad SMARTS) is 1. The molecule has 2 aromatic carbocycles. The summed E-state index contributed by atoms with van der Waals surface area (Å²) >= 11 is 2.78. The van der Waals surface area contributed by atoms with Crippen LogP contribution in [0.1, 0.15) is 34.0 Å². The van der Waals surface area contributed by atoms with Gasteiger partial charge in [0.25, 0.3) is 0 Å². The topological polar surface area (TPSA) is 76.2 Å². The molecule has 0 atom stereocenters. The lowest BCUT2D eigenvalue weighted by molar-refractivity contribution is -0.140. The van der Waals surface area contributed by atoms with Crippen molar-refractivity contribution in [3.05, 3.63) is 63.7 Å². The average molecular weight is 511 g/mol. The van der Waals surface area contributed by atoms with Gasteiger partial charge in [0.1, 0.15) is 16.3 Å². The Bertz CT molecular complexity index is 1380. The molecule has 0 aliphatic carbocycles. The fourth-order valence-corrected chi connectivity index (χ4v) is 5.50. The highest BCUT2D eigenvalue weighted by Gasteiger charge is 2.34. The van der Waals surface area contributed by atoms with Gasteiger partial charge in [0.15, 0.2) is 11.5 Å². The Labute approximate surface area is 199 Å². The molecule has 0 saturated carbocycles. The molecule has 0 unspecified atom stereocenters. The number of hydrogen-bond acceptors (Lipinski definition) is 6. The number of thioether (sulfide) groups is 1. The van der Waals surface area contributed by atoms with Gasteiger partial charge in [-0.1, -0.05) is 12.1 Å². The molecule has 5 nitrogen and oxygen atoms in total. The standard InChI is InChI=1S/C23H18F4N2O3S2/c1-11-3-6-16(20-21(11)32-18(29-20)7-8-19(30)31)33-10-17-12(2)28-22(34-17)13-4-5-14(15(24)9-13)23(25,26)27/h3-6,9H,7-8,10H2,1-2H3,(H,30,31). The highest BCUT2D eigenvalue weighted by Crippen LogP contribution is 2.38. The van der Waals surface area contributed by atoms with Crippen LogP contribution < -0.4 is 0 Å². The Hall–Kier alpha value is -2.92. The number of nitrogens with zero attached hydrogens (tertiary/aromatic N) is 2. The van der Waals surface area contributed by atoms with Gasteiger partial charge in [-0.2, -0.15) is 13.2 Å². The van der Waals surface area contributed by atoms with E-state index in [1.165, 1.54) is 29.2 Å². The second-order valence-corrected chi connectivity index (χ2v) is 9.67. The van der Waals surface area contributed by atoms with Crippen LogP contribution in [0, 0.1) is 19.7 Å². The minimum Gasteiger partial charge on any atom is -0.481 e. The number of oxazole rings is 1. The Balaban J connectivity index is 1.55. The van der Waals surface area contributed by atoms with Crippen molar-refractivity contribution in [2.75, 3.05) is 0 Å². The number of carboxylic acids is 1. The van der Waals surface area contributed by atoms with Gasteiger partial charge in [0.2, 0.25) is 0 Å². The van der Waals surface area contributed by atoms with Crippen LogP contribution in [-0.2, 0) is 23.1 Å². The third-order valence-corrected chi connectivity index (χ3v) is 7.54. The smallest absolute Gasteiger partial charge is 0.419 e. The number of carbonyl (C=O) groups is 1. The van der Waals surface area contributed by atoms with E-state index in [9.17, 15) is 22.4 Å². The van der Waals surface area contributed by atoms with Gasteiger partial charge in [0, 0.05) is 27.5 Å². The van der Waals surface area contributed by atoms with Crippen molar-refractivity contribution in [3.63, 3.8) is 0 Å². The second kappa shape index (κ2) is 9.38. The van der Waals surface area contributed by atoms with Crippen molar-refractivity contribution in [3.8, 4) is 10.6 Å². The van der Waals surface area contributed by atoms with E-state index in [1.54, 1.807) is 6.92 Å². The lowest BCUT2D eigenvalue weighted by atomic mass is 10.1. The lowest BCUT2D eigenvalue weighted by Crippen LogP contribution is -2.07. The van der Waals surface area contributed by atoms with Gasteiger partial charge in [-0.05, 0) is 37.6 Å². The summed E-state index contributed by atoms with van der Waals surface area (Å²) in [7, 11) is 0. The molecule has 0 aliphatic heterocycles. The van der Waals surface area contributed by atoms with E-state index in [-0.39, 0.29) is 18.4 Å². The van der Waals surface area contributed by atoms with Crippen LogP contribution in [0.15, 0.2) is 39.6 Å². The molecule has 178 valence electrons. The number of thiazole rings is 1. The van der Waals surface area contributed by atoms with Crippen molar-refractivity contribution >= 4 is 40.2 Å². The summed E-state index contributed by atoms with van der Waals surface area (Å²) in [6.07, 6.45) is -4.65. The molecule has 1 N–H and O–H groups in total. The molecule has 2 heterocycles. The van der Waals surface area contributed by atoms with Gasteiger partial charge < -0.3 is 9.52 Å². The largest absolute Gasteiger partial charge is 0.481 e. The van der Waals surface area contributed by atoms with Crippen molar-refractivity contribution in [2.24, 2.45) is 0 Å². The molecule has 11 heteroatoms. The van der Waals surface area contributed by atoms with E-state index in [2.05, 4.69) is 9.97 Å². The molecular weight excluding hydrogens is 492 g/mol. The zero-order chi connectivity index (χ0) is 24.6. The molecule has 2 aromatic heterocycles. The Morgan fingerprint density at radius 2 is 1.94 bits per heavy atom. The maximum Gasteiger partial charge on any atom is 0.419 e. The van der Waals surface area contributed by atoms with E-state index in [1.807, 2.05) is 19.1 Å². The van der Waals surface area contributed by atoms with Crippen LogP contribution >= 0.6 is 23.1 Å².